The van der Waals surface area contributed by atoms with Crippen LogP contribution in [0.4, 0.5) is 0 Å². The van der Waals surface area contributed by atoms with Gasteiger partial charge in [0.05, 0.1) is 31.6 Å². The zero-order chi connectivity index (χ0) is 18.7. The fourth-order valence-electron chi connectivity index (χ4n) is 5.65. The monoisotopic (exact) mass is 368 g/mol. The molecule has 0 spiro atoms. The lowest BCUT2D eigenvalue weighted by atomic mass is 9.65. The molecule has 2 N–H and O–H groups in total. The molecule has 3 aliphatic rings. The van der Waals surface area contributed by atoms with Crippen molar-refractivity contribution in [2.24, 2.45) is 17.8 Å². The molecule has 0 radical (unpaired) electrons. The number of ether oxygens (including phenoxy) is 1. The molecule has 2 aliphatic heterocycles. The average Bonchev–Trinajstić information content (AvgIpc) is 3.05. The number of carbonyl (C=O) groups is 2. The lowest BCUT2D eigenvalue weighted by Gasteiger charge is -2.50. The van der Waals surface area contributed by atoms with Crippen LogP contribution in [0, 0.1) is 17.8 Å². The first-order valence-electron chi connectivity index (χ1n) is 9.73. The molecule has 0 bridgehead atoms. The standard InChI is InChI=1S/C21H24N2O4/c1-27-21(26)19-13-8-16-20-14(12-4-2-3-5-15(12)22-20)9-18(25)23(16)10-11(13)6-7-17(19)24/h2-5,11,13,16-17,19,22,24H,6-10H2,1H3/t11-,13-,16-,17-,19+/m0/s1. The van der Waals surface area contributed by atoms with Crippen molar-refractivity contribution >= 4 is 22.8 Å². The summed E-state index contributed by atoms with van der Waals surface area (Å²) < 4.78 is 5.00. The van der Waals surface area contributed by atoms with Crippen LogP contribution in [0.1, 0.15) is 36.6 Å². The van der Waals surface area contributed by atoms with Gasteiger partial charge in [-0.25, -0.2) is 0 Å². The van der Waals surface area contributed by atoms with Gasteiger partial charge in [0.2, 0.25) is 5.91 Å². The fraction of sp³-hybridized carbons (Fsp3) is 0.524. The number of aromatic amines is 1. The van der Waals surface area contributed by atoms with E-state index in [2.05, 4.69) is 11.1 Å². The van der Waals surface area contributed by atoms with Crippen molar-refractivity contribution in [3.63, 3.8) is 0 Å². The molecular weight excluding hydrogens is 344 g/mol. The molecule has 6 nitrogen and oxygen atoms in total. The van der Waals surface area contributed by atoms with Gasteiger partial charge in [0, 0.05) is 23.1 Å². The number of esters is 1. The first kappa shape index (κ1) is 16.8. The van der Waals surface area contributed by atoms with Crippen molar-refractivity contribution in [3.05, 3.63) is 35.5 Å². The van der Waals surface area contributed by atoms with Crippen molar-refractivity contribution in [2.45, 2.75) is 37.8 Å². The highest BCUT2D eigenvalue weighted by atomic mass is 16.5. The Morgan fingerprint density at radius 2 is 2.11 bits per heavy atom. The van der Waals surface area contributed by atoms with E-state index in [4.69, 9.17) is 4.74 Å². The van der Waals surface area contributed by atoms with Gasteiger partial charge in [0.1, 0.15) is 0 Å². The second-order valence-electron chi connectivity index (χ2n) is 8.15. The van der Waals surface area contributed by atoms with E-state index in [1.165, 1.54) is 7.11 Å². The first-order chi connectivity index (χ1) is 13.1. The number of benzene rings is 1. The number of rotatable bonds is 1. The molecule has 2 aromatic rings. The molecule has 1 aromatic heterocycles. The molecule has 3 heterocycles. The Hall–Kier alpha value is -2.34. The summed E-state index contributed by atoms with van der Waals surface area (Å²) in [6, 6.07) is 8.02. The number of nitrogens with zero attached hydrogens (tertiary/aromatic N) is 1. The number of para-hydroxylation sites is 1. The van der Waals surface area contributed by atoms with Gasteiger partial charge in [0.15, 0.2) is 0 Å². The average molecular weight is 368 g/mol. The molecule has 6 heteroatoms. The van der Waals surface area contributed by atoms with E-state index in [1.807, 2.05) is 23.1 Å². The smallest absolute Gasteiger partial charge is 0.311 e. The highest BCUT2D eigenvalue weighted by Crippen LogP contribution is 2.49. The van der Waals surface area contributed by atoms with Crippen LogP contribution in [-0.2, 0) is 20.7 Å². The zero-order valence-corrected chi connectivity index (χ0v) is 15.4. The summed E-state index contributed by atoms with van der Waals surface area (Å²) >= 11 is 0. The van der Waals surface area contributed by atoms with E-state index >= 15 is 0 Å². The van der Waals surface area contributed by atoms with Gasteiger partial charge < -0.3 is 19.7 Å². The summed E-state index contributed by atoms with van der Waals surface area (Å²) in [5.41, 5.74) is 3.23. The lowest BCUT2D eigenvalue weighted by molar-refractivity contribution is -0.162. The molecule has 1 aromatic carbocycles. The number of hydrogen-bond acceptors (Lipinski definition) is 4. The number of amides is 1. The molecule has 5 atom stereocenters. The highest BCUT2D eigenvalue weighted by Gasteiger charge is 2.50. The van der Waals surface area contributed by atoms with Crippen molar-refractivity contribution in [3.8, 4) is 0 Å². The van der Waals surface area contributed by atoms with Crippen LogP contribution in [0.3, 0.4) is 0 Å². The third-order valence-corrected chi connectivity index (χ3v) is 6.92. The number of hydrogen-bond donors (Lipinski definition) is 2. The molecule has 0 unspecified atom stereocenters. The number of methoxy groups -OCH3 is 1. The summed E-state index contributed by atoms with van der Waals surface area (Å²) in [5.74, 6) is -0.391. The Labute approximate surface area is 157 Å². The molecule has 1 amide bonds. The molecule has 1 aliphatic carbocycles. The van der Waals surface area contributed by atoms with Gasteiger partial charge in [0.25, 0.3) is 0 Å². The zero-order valence-electron chi connectivity index (χ0n) is 15.4. The quantitative estimate of drug-likeness (QED) is 0.756. The van der Waals surface area contributed by atoms with E-state index in [9.17, 15) is 14.7 Å². The van der Waals surface area contributed by atoms with Crippen LogP contribution in [0.15, 0.2) is 24.3 Å². The van der Waals surface area contributed by atoms with Crippen molar-refractivity contribution in [1.82, 2.24) is 9.88 Å². The Bertz CT molecular complexity index is 920. The number of aromatic nitrogens is 1. The SMILES string of the molecule is COC(=O)[C@@H]1[C@H]2C[C@H]3c4[nH]c5ccccc5c4CC(=O)N3C[C@@H]2CC[C@@H]1O. The summed E-state index contributed by atoms with van der Waals surface area (Å²) in [6.45, 7) is 0.656. The van der Waals surface area contributed by atoms with E-state index in [1.54, 1.807) is 0 Å². The second kappa shape index (κ2) is 6.09. The van der Waals surface area contributed by atoms with E-state index < -0.39 is 12.0 Å². The Morgan fingerprint density at radius 1 is 1.30 bits per heavy atom. The maximum atomic E-state index is 12.9. The number of aliphatic hydroxyl groups is 1. The van der Waals surface area contributed by atoms with Gasteiger partial charge in [-0.2, -0.15) is 0 Å². The normalized spacial score (nSPS) is 32.6. The third kappa shape index (κ3) is 2.42. The van der Waals surface area contributed by atoms with Crippen LogP contribution in [0.25, 0.3) is 10.9 Å². The number of H-pyrrole nitrogens is 1. The van der Waals surface area contributed by atoms with Crippen LogP contribution in [0.5, 0.6) is 0 Å². The first-order valence-corrected chi connectivity index (χ1v) is 9.73. The van der Waals surface area contributed by atoms with Crippen molar-refractivity contribution < 1.29 is 19.4 Å². The minimum absolute atomic E-state index is 0.0348. The van der Waals surface area contributed by atoms with Crippen molar-refractivity contribution in [1.29, 1.82) is 0 Å². The number of carbonyl (C=O) groups excluding carboxylic acids is 2. The van der Waals surface area contributed by atoms with Gasteiger partial charge >= 0.3 is 5.97 Å². The molecule has 5 rings (SSSR count). The molecule has 142 valence electrons. The Morgan fingerprint density at radius 3 is 2.93 bits per heavy atom. The van der Waals surface area contributed by atoms with Gasteiger partial charge in [-0.15, -0.1) is 0 Å². The van der Waals surface area contributed by atoms with Gasteiger partial charge in [-0.1, -0.05) is 18.2 Å². The highest BCUT2D eigenvalue weighted by molar-refractivity contribution is 5.92. The number of piperidine rings is 1. The van der Waals surface area contributed by atoms with E-state index in [0.717, 1.165) is 28.6 Å². The van der Waals surface area contributed by atoms with Crippen molar-refractivity contribution in [2.75, 3.05) is 13.7 Å². The van der Waals surface area contributed by atoms with Crippen LogP contribution >= 0.6 is 0 Å². The predicted octanol–water partition coefficient (Wildman–Crippen LogP) is 2.17. The summed E-state index contributed by atoms with van der Waals surface area (Å²) in [7, 11) is 1.38. The number of fused-ring (bicyclic) bond motifs is 6. The van der Waals surface area contributed by atoms with Gasteiger partial charge in [-0.05, 0) is 42.7 Å². The molecule has 2 fully saturated rings. The topological polar surface area (TPSA) is 82.6 Å². The van der Waals surface area contributed by atoms with Gasteiger partial charge in [-0.3, -0.25) is 9.59 Å². The molecule has 27 heavy (non-hydrogen) atoms. The van der Waals surface area contributed by atoms with Crippen LogP contribution < -0.4 is 0 Å². The summed E-state index contributed by atoms with van der Waals surface area (Å²) in [4.78, 5) is 30.8. The summed E-state index contributed by atoms with van der Waals surface area (Å²) in [5, 5.41) is 11.6. The largest absolute Gasteiger partial charge is 0.469 e. The predicted molar refractivity (Wildman–Crippen MR) is 98.8 cm³/mol. The molecule has 1 saturated carbocycles. The Balaban J connectivity index is 1.56. The van der Waals surface area contributed by atoms with E-state index in [0.29, 0.717) is 25.8 Å². The van der Waals surface area contributed by atoms with Crippen LogP contribution in [0.2, 0.25) is 0 Å². The minimum Gasteiger partial charge on any atom is -0.469 e. The fourth-order valence-corrected chi connectivity index (χ4v) is 5.65. The van der Waals surface area contributed by atoms with E-state index in [-0.39, 0.29) is 29.8 Å². The third-order valence-electron chi connectivity index (χ3n) is 6.92. The minimum atomic E-state index is -0.660. The maximum Gasteiger partial charge on any atom is 0.311 e. The maximum absolute atomic E-state index is 12.9. The number of aliphatic hydroxyl groups excluding tert-OH is 1. The molecular formula is C21H24N2O4. The second-order valence-corrected chi connectivity index (χ2v) is 8.15. The number of nitrogens with one attached hydrogen (secondary N) is 1. The van der Waals surface area contributed by atoms with Crippen LogP contribution in [-0.4, -0.2) is 46.6 Å². The molecule has 1 saturated heterocycles. The summed E-state index contributed by atoms with van der Waals surface area (Å²) in [6.07, 6.45) is 1.89. The Kier molecular flexibility index (Phi) is 3.79. The lowest BCUT2D eigenvalue weighted by Crippen LogP contribution is -2.54.